The topological polar surface area (TPSA) is 22.1 Å². The lowest BCUT2D eigenvalue weighted by Crippen LogP contribution is -1.88. The van der Waals surface area contributed by atoms with E-state index in [4.69, 9.17) is 27.9 Å². The number of hydrogen-bond acceptors (Lipinski definition) is 3. The number of halogens is 3. The molecule has 0 fully saturated rings. The minimum absolute atomic E-state index is 0.506. The molecule has 0 saturated carbocycles. The highest BCUT2D eigenvalue weighted by atomic mass is 79.9. The van der Waals surface area contributed by atoms with E-state index in [-0.39, 0.29) is 0 Å². The number of nitrogens with zero attached hydrogens (tertiary/aromatic N) is 1. The predicted octanol–water partition coefficient (Wildman–Crippen LogP) is 5.29. The molecule has 2 rings (SSSR count). The molecule has 0 spiro atoms. The summed E-state index contributed by atoms with van der Waals surface area (Å²) in [6.45, 7) is 2.49. The molecule has 6 heteroatoms. The molecule has 2 nitrogen and oxygen atoms in total. The van der Waals surface area contributed by atoms with Crippen LogP contribution >= 0.6 is 50.5 Å². The highest BCUT2D eigenvalue weighted by Crippen LogP contribution is 2.37. The lowest BCUT2D eigenvalue weighted by atomic mass is 10.2. The van der Waals surface area contributed by atoms with Crippen LogP contribution in [0.15, 0.2) is 18.2 Å². The predicted molar refractivity (Wildman–Crippen MR) is 80.9 cm³/mol. The smallest absolute Gasteiger partial charge is 0.126 e. The molecular formula is C12H10BrCl2NOS. The minimum atomic E-state index is 0.506. The molecule has 0 aliphatic heterocycles. The summed E-state index contributed by atoms with van der Waals surface area (Å²) >= 11 is 17.1. The van der Waals surface area contributed by atoms with Crippen molar-refractivity contribution in [1.82, 2.24) is 4.98 Å². The van der Waals surface area contributed by atoms with Crippen molar-refractivity contribution < 1.29 is 4.74 Å². The highest BCUT2D eigenvalue weighted by Gasteiger charge is 2.14. The number of hydrogen-bond donors (Lipinski definition) is 0. The first-order valence-corrected chi connectivity index (χ1v) is 7.87. The number of alkyl halides is 1. The van der Waals surface area contributed by atoms with Gasteiger partial charge in [-0.15, -0.1) is 11.3 Å². The Kier molecular flexibility index (Phi) is 5.04. The van der Waals surface area contributed by atoms with Crippen LogP contribution in [0, 0.1) is 6.92 Å². The Labute approximate surface area is 128 Å². The van der Waals surface area contributed by atoms with E-state index < -0.39 is 0 Å². The van der Waals surface area contributed by atoms with Crippen molar-refractivity contribution in [2.75, 3.05) is 5.52 Å². The molecule has 0 aliphatic rings. The highest BCUT2D eigenvalue weighted by molar-refractivity contribution is 9.09. The van der Waals surface area contributed by atoms with Crippen LogP contribution in [-0.2, 0) is 11.3 Å². The zero-order valence-corrected chi connectivity index (χ0v) is 13.5. The molecule has 1 aromatic heterocycles. The van der Waals surface area contributed by atoms with Crippen molar-refractivity contribution in [3.05, 3.63) is 38.8 Å². The van der Waals surface area contributed by atoms with Gasteiger partial charge in [-0.1, -0.05) is 45.2 Å². The van der Waals surface area contributed by atoms with Crippen LogP contribution in [0.4, 0.5) is 0 Å². The van der Waals surface area contributed by atoms with Gasteiger partial charge in [-0.2, -0.15) is 0 Å². The van der Waals surface area contributed by atoms with Gasteiger partial charge in [0.05, 0.1) is 27.2 Å². The third kappa shape index (κ3) is 3.06. The lowest BCUT2D eigenvalue weighted by Gasteiger charge is -2.02. The summed E-state index contributed by atoms with van der Waals surface area (Å²) < 4.78 is 5.33. The van der Waals surface area contributed by atoms with Gasteiger partial charge in [0.2, 0.25) is 0 Å². The zero-order chi connectivity index (χ0) is 13.1. The molecule has 0 N–H and O–H groups in total. The number of aryl methyl sites for hydroxylation is 1. The number of thiazole rings is 1. The summed E-state index contributed by atoms with van der Waals surface area (Å²) in [7, 11) is 0. The maximum atomic E-state index is 6.17. The monoisotopic (exact) mass is 365 g/mol. The Morgan fingerprint density at radius 2 is 2.00 bits per heavy atom. The van der Waals surface area contributed by atoms with Gasteiger partial charge >= 0.3 is 0 Å². The average Bonchev–Trinajstić information content (AvgIpc) is 2.67. The van der Waals surface area contributed by atoms with Crippen molar-refractivity contribution in [3.8, 4) is 10.6 Å². The minimum Gasteiger partial charge on any atom is -0.365 e. The Morgan fingerprint density at radius 1 is 1.33 bits per heavy atom. The Balaban J connectivity index is 2.40. The van der Waals surface area contributed by atoms with E-state index in [0.29, 0.717) is 22.2 Å². The van der Waals surface area contributed by atoms with Gasteiger partial charge in [-0.25, -0.2) is 4.98 Å². The average molecular weight is 367 g/mol. The second-order valence-electron chi connectivity index (χ2n) is 3.58. The molecule has 0 radical (unpaired) electrons. The van der Waals surface area contributed by atoms with Gasteiger partial charge in [0, 0.05) is 5.56 Å². The SMILES string of the molecule is Cc1nc(-c2c(Cl)cccc2Cl)sc1COCBr. The second kappa shape index (κ2) is 6.35. The Morgan fingerprint density at radius 3 is 2.61 bits per heavy atom. The van der Waals surface area contributed by atoms with Crippen LogP contribution in [0.5, 0.6) is 0 Å². The number of rotatable bonds is 4. The maximum absolute atomic E-state index is 6.17. The maximum Gasteiger partial charge on any atom is 0.126 e. The van der Waals surface area contributed by atoms with Gasteiger partial charge in [-0.05, 0) is 19.1 Å². The first-order chi connectivity index (χ1) is 8.63. The van der Waals surface area contributed by atoms with Crippen molar-refractivity contribution in [1.29, 1.82) is 0 Å². The van der Waals surface area contributed by atoms with Crippen molar-refractivity contribution in [3.63, 3.8) is 0 Å². The third-order valence-electron chi connectivity index (χ3n) is 2.38. The van der Waals surface area contributed by atoms with Gasteiger partial charge in [-0.3, -0.25) is 0 Å². The van der Waals surface area contributed by atoms with Gasteiger partial charge in [0.15, 0.2) is 0 Å². The Bertz CT molecular complexity index is 539. The molecular weight excluding hydrogens is 357 g/mol. The van der Waals surface area contributed by atoms with Crippen LogP contribution in [0.25, 0.3) is 10.6 Å². The summed E-state index contributed by atoms with van der Waals surface area (Å²) in [6, 6.07) is 5.45. The van der Waals surface area contributed by atoms with E-state index in [1.54, 1.807) is 11.3 Å². The summed E-state index contributed by atoms with van der Waals surface area (Å²) in [6.07, 6.45) is 0. The first kappa shape index (κ1) is 14.3. The Hall–Kier alpha value is -0.130. The number of ether oxygens (including phenoxy) is 1. The van der Waals surface area contributed by atoms with E-state index in [0.717, 1.165) is 21.1 Å². The standard InChI is InChI=1S/C12H10BrCl2NOS/c1-7-10(5-17-6-13)18-12(16-7)11-8(14)3-2-4-9(11)15/h2-4H,5-6H2,1H3. The molecule has 0 bridgehead atoms. The molecule has 1 aromatic carbocycles. The van der Waals surface area contributed by atoms with Crippen molar-refractivity contribution in [2.24, 2.45) is 0 Å². The molecule has 0 saturated heterocycles. The molecule has 1 heterocycles. The van der Waals surface area contributed by atoms with E-state index in [1.807, 2.05) is 25.1 Å². The summed E-state index contributed by atoms with van der Waals surface area (Å²) in [4.78, 5) is 5.59. The molecule has 96 valence electrons. The third-order valence-corrected chi connectivity index (χ3v) is 4.48. The molecule has 0 atom stereocenters. The van der Waals surface area contributed by atoms with E-state index in [1.165, 1.54) is 0 Å². The van der Waals surface area contributed by atoms with E-state index in [9.17, 15) is 0 Å². The fraction of sp³-hybridized carbons (Fsp3) is 0.250. The van der Waals surface area contributed by atoms with E-state index >= 15 is 0 Å². The first-order valence-electron chi connectivity index (χ1n) is 5.18. The molecule has 0 aliphatic carbocycles. The van der Waals surface area contributed by atoms with Crippen molar-refractivity contribution >= 4 is 50.5 Å². The summed E-state index contributed by atoms with van der Waals surface area (Å²) in [5, 5.41) is 2.06. The molecule has 2 aromatic rings. The normalized spacial score (nSPS) is 10.9. The van der Waals surface area contributed by atoms with E-state index in [2.05, 4.69) is 20.9 Å². The van der Waals surface area contributed by atoms with Crippen LogP contribution in [0.1, 0.15) is 10.6 Å². The molecule has 18 heavy (non-hydrogen) atoms. The molecule has 0 unspecified atom stereocenters. The van der Waals surface area contributed by atoms with Crippen molar-refractivity contribution in [2.45, 2.75) is 13.5 Å². The summed E-state index contributed by atoms with van der Waals surface area (Å²) in [5.41, 5.74) is 2.25. The molecule has 0 amide bonds. The zero-order valence-electron chi connectivity index (χ0n) is 9.54. The quantitative estimate of drug-likeness (QED) is 0.685. The second-order valence-corrected chi connectivity index (χ2v) is 5.94. The van der Waals surface area contributed by atoms with Crippen LogP contribution in [0.3, 0.4) is 0 Å². The van der Waals surface area contributed by atoms with Crippen LogP contribution < -0.4 is 0 Å². The van der Waals surface area contributed by atoms with Gasteiger partial charge in [0.1, 0.15) is 10.5 Å². The number of benzene rings is 1. The number of aromatic nitrogens is 1. The fourth-order valence-corrected chi connectivity index (χ4v) is 3.43. The van der Waals surface area contributed by atoms with Crippen LogP contribution in [-0.4, -0.2) is 10.5 Å². The summed E-state index contributed by atoms with van der Waals surface area (Å²) in [5.74, 6) is 0. The fourth-order valence-electron chi connectivity index (χ4n) is 1.50. The largest absolute Gasteiger partial charge is 0.365 e. The van der Waals surface area contributed by atoms with Gasteiger partial charge < -0.3 is 4.74 Å². The van der Waals surface area contributed by atoms with Crippen LogP contribution in [0.2, 0.25) is 10.0 Å². The van der Waals surface area contributed by atoms with Gasteiger partial charge in [0.25, 0.3) is 0 Å². The lowest BCUT2D eigenvalue weighted by molar-refractivity contribution is 0.174.